The Kier molecular flexibility index (Phi) is 4.90. The lowest BCUT2D eigenvalue weighted by atomic mass is 9.78. The fourth-order valence-corrected chi connectivity index (χ4v) is 3.61. The van der Waals surface area contributed by atoms with Crippen LogP contribution in [0.1, 0.15) is 37.2 Å². The van der Waals surface area contributed by atoms with Crippen LogP contribution in [0.15, 0.2) is 55.1 Å². The lowest BCUT2D eigenvalue weighted by molar-refractivity contribution is 0.376. The lowest BCUT2D eigenvalue weighted by Crippen LogP contribution is -2.11. The van der Waals surface area contributed by atoms with E-state index in [2.05, 4.69) is 36.9 Å². The van der Waals surface area contributed by atoms with Crippen LogP contribution in [0.2, 0.25) is 10.0 Å². The first-order valence-corrected chi connectivity index (χ1v) is 8.61. The first-order chi connectivity index (χ1) is 10.7. The van der Waals surface area contributed by atoms with Crippen LogP contribution < -0.4 is 0 Å². The van der Waals surface area contributed by atoms with Gasteiger partial charge in [0.05, 0.1) is 10.0 Å². The van der Waals surface area contributed by atoms with Crippen LogP contribution in [0.3, 0.4) is 0 Å². The summed E-state index contributed by atoms with van der Waals surface area (Å²) in [5.74, 6) is 1.41. The zero-order valence-electron chi connectivity index (χ0n) is 12.6. The molecule has 22 heavy (non-hydrogen) atoms. The van der Waals surface area contributed by atoms with Gasteiger partial charge in [0.25, 0.3) is 0 Å². The smallest absolute Gasteiger partial charge is 0.0598 e. The highest BCUT2D eigenvalue weighted by atomic mass is 35.5. The molecule has 0 aromatic heterocycles. The van der Waals surface area contributed by atoms with Gasteiger partial charge in [-0.1, -0.05) is 59.6 Å². The Morgan fingerprint density at radius 3 is 2.05 bits per heavy atom. The van der Waals surface area contributed by atoms with Crippen molar-refractivity contribution in [1.29, 1.82) is 0 Å². The van der Waals surface area contributed by atoms with Gasteiger partial charge >= 0.3 is 0 Å². The molecule has 0 saturated heterocycles. The zero-order chi connectivity index (χ0) is 15.5. The zero-order valence-corrected chi connectivity index (χ0v) is 14.1. The molecule has 0 atom stereocenters. The normalized spacial score (nSPS) is 21.5. The van der Waals surface area contributed by atoms with Gasteiger partial charge in [0.2, 0.25) is 0 Å². The van der Waals surface area contributed by atoms with Crippen LogP contribution in [0.4, 0.5) is 0 Å². The summed E-state index contributed by atoms with van der Waals surface area (Å²) in [4.78, 5) is 0. The molecule has 2 heteroatoms. The lowest BCUT2D eigenvalue weighted by Gasteiger charge is -2.27. The van der Waals surface area contributed by atoms with Crippen LogP contribution in [0.25, 0.3) is 11.1 Å². The molecule has 2 aromatic rings. The van der Waals surface area contributed by atoms with Crippen molar-refractivity contribution in [2.45, 2.75) is 31.6 Å². The molecule has 0 N–H and O–H groups in total. The van der Waals surface area contributed by atoms with Gasteiger partial charge in [0.15, 0.2) is 0 Å². The molecule has 0 aliphatic heterocycles. The van der Waals surface area contributed by atoms with Gasteiger partial charge in [0.1, 0.15) is 0 Å². The molecule has 0 heterocycles. The Hall–Kier alpha value is -1.24. The average Bonchev–Trinajstić information content (AvgIpc) is 2.58. The molecule has 2 aromatic carbocycles. The second kappa shape index (κ2) is 6.89. The summed E-state index contributed by atoms with van der Waals surface area (Å²) in [6, 6.07) is 14.7. The molecule has 3 rings (SSSR count). The number of rotatable bonds is 3. The minimum atomic E-state index is 0.598. The van der Waals surface area contributed by atoms with Gasteiger partial charge in [-0.2, -0.15) is 0 Å². The highest BCUT2D eigenvalue weighted by Gasteiger charge is 2.20. The summed E-state index contributed by atoms with van der Waals surface area (Å²) >= 11 is 12.1. The van der Waals surface area contributed by atoms with E-state index in [0.29, 0.717) is 21.9 Å². The first-order valence-electron chi connectivity index (χ1n) is 7.85. The van der Waals surface area contributed by atoms with Gasteiger partial charge in [-0.15, -0.1) is 6.58 Å². The van der Waals surface area contributed by atoms with Crippen molar-refractivity contribution >= 4 is 23.2 Å². The molecule has 1 aliphatic carbocycles. The predicted octanol–water partition coefficient (Wildman–Crippen LogP) is 7.12. The highest BCUT2D eigenvalue weighted by Crippen LogP contribution is 2.37. The van der Waals surface area contributed by atoms with Gasteiger partial charge in [0, 0.05) is 0 Å². The monoisotopic (exact) mass is 330 g/mol. The third-order valence-corrected chi connectivity index (χ3v) is 5.48. The van der Waals surface area contributed by atoms with Crippen LogP contribution in [-0.4, -0.2) is 0 Å². The SMILES string of the molecule is C=C[C@H]1CC[C@H](c2ccc(-c3ccc(Cl)c(Cl)c3)cc2)CC1. The predicted molar refractivity (Wildman–Crippen MR) is 96.8 cm³/mol. The quantitative estimate of drug-likeness (QED) is 0.525. The average molecular weight is 331 g/mol. The Morgan fingerprint density at radius 1 is 0.818 bits per heavy atom. The van der Waals surface area contributed by atoms with E-state index in [4.69, 9.17) is 23.2 Å². The van der Waals surface area contributed by atoms with Crippen molar-refractivity contribution in [3.63, 3.8) is 0 Å². The first kappa shape index (κ1) is 15.6. The molecule has 0 spiro atoms. The molecule has 0 bridgehead atoms. The third-order valence-electron chi connectivity index (χ3n) is 4.74. The fourth-order valence-electron chi connectivity index (χ4n) is 3.31. The van der Waals surface area contributed by atoms with Crippen molar-refractivity contribution in [2.24, 2.45) is 5.92 Å². The van der Waals surface area contributed by atoms with Gasteiger partial charge in [-0.25, -0.2) is 0 Å². The number of benzene rings is 2. The molecular formula is C20H20Cl2. The number of hydrogen-bond donors (Lipinski definition) is 0. The van der Waals surface area contributed by atoms with Crippen LogP contribution in [0.5, 0.6) is 0 Å². The van der Waals surface area contributed by atoms with Gasteiger partial charge in [-0.05, 0) is 66.3 Å². The Bertz CT molecular complexity index is 650. The third kappa shape index (κ3) is 3.39. The largest absolute Gasteiger partial charge is 0.103 e. The molecule has 0 amide bonds. The summed E-state index contributed by atoms with van der Waals surface area (Å²) < 4.78 is 0. The van der Waals surface area contributed by atoms with Gasteiger partial charge < -0.3 is 0 Å². The molecule has 1 aliphatic rings. The second-order valence-corrected chi connectivity index (χ2v) is 6.91. The second-order valence-electron chi connectivity index (χ2n) is 6.10. The molecular weight excluding hydrogens is 311 g/mol. The highest BCUT2D eigenvalue weighted by molar-refractivity contribution is 6.42. The summed E-state index contributed by atoms with van der Waals surface area (Å²) in [5.41, 5.74) is 3.74. The molecule has 1 fully saturated rings. The molecule has 0 radical (unpaired) electrons. The maximum absolute atomic E-state index is 6.10. The van der Waals surface area contributed by atoms with Gasteiger partial charge in [-0.3, -0.25) is 0 Å². The Morgan fingerprint density at radius 2 is 1.45 bits per heavy atom. The van der Waals surface area contributed by atoms with Crippen molar-refractivity contribution in [2.75, 3.05) is 0 Å². The van der Waals surface area contributed by atoms with E-state index in [1.165, 1.54) is 36.8 Å². The van der Waals surface area contributed by atoms with E-state index in [1.807, 2.05) is 18.2 Å². The van der Waals surface area contributed by atoms with E-state index >= 15 is 0 Å². The Labute approximate surface area is 142 Å². The Balaban J connectivity index is 1.75. The van der Waals surface area contributed by atoms with Crippen molar-refractivity contribution in [1.82, 2.24) is 0 Å². The van der Waals surface area contributed by atoms with Crippen LogP contribution in [-0.2, 0) is 0 Å². The van der Waals surface area contributed by atoms with Crippen molar-refractivity contribution in [3.8, 4) is 11.1 Å². The van der Waals surface area contributed by atoms with E-state index in [0.717, 1.165) is 5.56 Å². The minimum absolute atomic E-state index is 0.598. The molecule has 0 unspecified atom stereocenters. The van der Waals surface area contributed by atoms with E-state index < -0.39 is 0 Å². The standard InChI is InChI=1S/C20H20Cl2/c1-2-14-3-5-15(6-4-14)16-7-9-17(10-8-16)18-11-12-19(21)20(22)13-18/h2,7-15H,1,3-6H2/t14-,15-. The number of allylic oxidation sites excluding steroid dienone is 1. The molecule has 0 nitrogen and oxygen atoms in total. The number of hydrogen-bond acceptors (Lipinski definition) is 0. The van der Waals surface area contributed by atoms with Crippen molar-refractivity contribution < 1.29 is 0 Å². The van der Waals surface area contributed by atoms with Crippen molar-refractivity contribution in [3.05, 3.63) is 70.7 Å². The van der Waals surface area contributed by atoms with Crippen LogP contribution >= 0.6 is 23.2 Å². The summed E-state index contributed by atoms with van der Waals surface area (Å²) in [6.45, 7) is 3.92. The van der Waals surface area contributed by atoms with E-state index in [1.54, 1.807) is 0 Å². The minimum Gasteiger partial charge on any atom is -0.103 e. The maximum Gasteiger partial charge on any atom is 0.0598 e. The summed E-state index contributed by atoms with van der Waals surface area (Å²) in [6.07, 6.45) is 7.18. The fraction of sp³-hybridized carbons (Fsp3) is 0.300. The summed E-state index contributed by atoms with van der Waals surface area (Å²) in [7, 11) is 0. The van der Waals surface area contributed by atoms with E-state index in [9.17, 15) is 0 Å². The number of halogens is 2. The maximum atomic E-state index is 6.10. The van der Waals surface area contributed by atoms with E-state index in [-0.39, 0.29) is 0 Å². The molecule has 114 valence electrons. The van der Waals surface area contributed by atoms with Crippen LogP contribution in [0, 0.1) is 5.92 Å². The molecule has 1 saturated carbocycles. The summed E-state index contributed by atoms with van der Waals surface area (Å²) in [5, 5.41) is 1.20. The topological polar surface area (TPSA) is 0 Å².